The Kier molecular flexibility index (Phi) is 6.94. The van der Waals surface area contributed by atoms with Crippen molar-refractivity contribution in [1.29, 1.82) is 0 Å². The number of carbonyl (C=O) groups excluding carboxylic acids is 1. The zero-order valence-corrected chi connectivity index (χ0v) is 18.0. The summed E-state index contributed by atoms with van der Waals surface area (Å²) in [7, 11) is 0. The summed E-state index contributed by atoms with van der Waals surface area (Å²) in [5.41, 5.74) is 4.50. The minimum Gasteiger partial charge on any atom is -0.348 e. The predicted octanol–water partition coefficient (Wildman–Crippen LogP) is 5.17. The number of hydrogen-bond donors (Lipinski definition) is 3. The number of benzene rings is 3. The van der Waals surface area contributed by atoms with Gasteiger partial charge in [-0.15, -0.1) is 0 Å². The molecule has 0 fully saturated rings. The van der Waals surface area contributed by atoms with Crippen molar-refractivity contribution in [2.45, 2.75) is 6.42 Å². The van der Waals surface area contributed by atoms with Crippen molar-refractivity contribution in [3.05, 3.63) is 108 Å². The second-order valence-corrected chi connectivity index (χ2v) is 7.53. The number of anilines is 1. The van der Waals surface area contributed by atoms with Gasteiger partial charge in [0, 0.05) is 41.1 Å². The average Bonchev–Trinajstić information content (AvgIpc) is 3.34. The van der Waals surface area contributed by atoms with E-state index < -0.39 is 0 Å². The molecule has 7 heteroatoms. The summed E-state index contributed by atoms with van der Waals surface area (Å²) in [4.78, 5) is 24.3. The normalized spacial score (nSPS) is 11.2. The van der Waals surface area contributed by atoms with Crippen LogP contribution in [0.25, 0.3) is 11.1 Å². The van der Waals surface area contributed by atoms with Crippen molar-refractivity contribution in [1.82, 2.24) is 15.3 Å². The number of amides is 1. The Labute approximate surface area is 191 Å². The fourth-order valence-corrected chi connectivity index (χ4v) is 3.33. The van der Waals surface area contributed by atoms with E-state index in [0.717, 1.165) is 22.5 Å². The van der Waals surface area contributed by atoms with Crippen LogP contribution in [0.5, 0.6) is 0 Å². The van der Waals surface area contributed by atoms with Crippen LogP contribution in [0.4, 0.5) is 5.69 Å². The zero-order valence-electron chi connectivity index (χ0n) is 17.3. The zero-order chi connectivity index (χ0) is 22.2. The molecule has 0 aliphatic carbocycles. The molecule has 6 nitrogen and oxygen atoms in total. The first-order valence-electron chi connectivity index (χ1n) is 10.2. The minimum absolute atomic E-state index is 0.291. The highest BCUT2D eigenvalue weighted by Gasteiger charge is 2.10. The Balaban J connectivity index is 1.49. The van der Waals surface area contributed by atoms with Crippen LogP contribution in [0.3, 0.4) is 0 Å². The number of aliphatic imine (C=N–C) groups is 1. The van der Waals surface area contributed by atoms with E-state index in [9.17, 15) is 4.79 Å². The van der Waals surface area contributed by atoms with Crippen LogP contribution in [-0.4, -0.2) is 28.4 Å². The number of guanidine groups is 1. The molecular weight excluding hydrogens is 422 g/mol. The topological polar surface area (TPSA) is 82.2 Å². The van der Waals surface area contributed by atoms with E-state index in [4.69, 9.17) is 11.6 Å². The SMILES string of the molecule is O=C(NC(=NCCc1cnc[nH]1)Nc1ccc(-c2ccccc2)cc1)c1cccc(Cl)c1. The highest BCUT2D eigenvalue weighted by Crippen LogP contribution is 2.21. The van der Waals surface area contributed by atoms with Crippen molar-refractivity contribution in [2.24, 2.45) is 4.99 Å². The summed E-state index contributed by atoms with van der Waals surface area (Å²) >= 11 is 6.03. The first kappa shape index (κ1) is 21.3. The lowest BCUT2D eigenvalue weighted by Crippen LogP contribution is -2.36. The van der Waals surface area contributed by atoms with E-state index in [1.54, 1.807) is 36.8 Å². The van der Waals surface area contributed by atoms with Crippen LogP contribution in [0.1, 0.15) is 16.1 Å². The van der Waals surface area contributed by atoms with E-state index in [1.165, 1.54) is 0 Å². The van der Waals surface area contributed by atoms with Crippen LogP contribution in [0, 0.1) is 0 Å². The Morgan fingerprint density at radius 2 is 1.75 bits per heavy atom. The lowest BCUT2D eigenvalue weighted by Gasteiger charge is -2.13. The molecule has 0 saturated heterocycles. The van der Waals surface area contributed by atoms with Gasteiger partial charge in [0.1, 0.15) is 0 Å². The fraction of sp³-hybridized carbons (Fsp3) is 0.0800. The van der Waals surface area contributed by atoms with Crippen LogP contribution in [-0.2, 0) is 6.42 Å². The molecule has 0 saturated carbocycles. The second-order valence-electron chi connectivity index (χ2n) is 7.09. The number of aromatic amines is 1. The van der Waals surface area contributed by atoms with E-state index in [-0.39, 0.29) is 5.91 Å². The maximum Gasteiger partial charge on any atom is 0.258 e. The quantitative estimate of drug-likeness (QED) is 0.284. The lowest BCUT2D eigenvalue weighted by atomic mass is 10.1. The number of rotatable bonds is 6. The van der Waals surface area contributed by atoms with Crippen molar-refractivity contribution >= 4 is 29.2 Å². The van der Waals surface area contributed by atoms with Gasteiger partial charge in [-0.3, -0.25) is 15.1 Å². The molecule has 3 N–H and O–H groups in total. The number of nitrogens with zero attached hydrogens (tertiary/aromatic N) is 2. The van der Waals surface area contributed by atoms with Gasteiger partial charge in [0.05, 0.1) is 6.33 Å². The summed E-state index contributed by atoms with van der Waals surface area (Å²) in [6, 6.07) is 24.9. The van der Waals surface area contributed by atoms with E-state index in [0.29, 0.717) is 29.5 Å². The van der Waals surface area contributed by atoms with Gasteiger partial charge < -0.3 is 10.3 Å². The maximum atomic E-state index is 12.7. The summed E-state index contributed by atoms with van der Waals surface area (Å²) < 4.78 is 0. The molecule has 1 amide bonds. The van der Waals surface area contributed by atoms with Gasteiger partial charge in [-0.25, -0.2) is 4.98 Å². The van der Waals surface area contributed by atoms with Gasteiger partial charge in [0.25, 0.3) is 5.91 Å². The van der Waals surface area contributed by atoms with Crippen LogP contribution in [0.2, 0.25) is 5.02 Å². The molecule has 0 atom stereocenters. The van der Waals surface area contributed by atoms with Crippen molar-refractivity contribution < 1.29 is 4.79 Å². The smallest absolute Gasteiger partial charge is 0.258 e. The average molecular weight is 444 g/mol. The van der Waals surface area contributed by atoms with E-state index >= 15 is 0 Å². The highest BCUT2D eigenvalue weighted by molar-refractivity contribution is 6.31. The molecule has 0 aliphatic heterocycles. The Bertz CT molecular complexity index is 1190. The van der Waals surface area contributed by atoms with Crippen LogP contribution < -0.4 is 10.6 Å². The molecule has 0 aliphatic rings. The summed E-state index contributed by atoms with van der Waals surface area (Å²) in [6.07, 6.45) is 4.06. The maximum absolute atomic E-state index is 12.7. The first-order chi connectivity index (χ1) is 15.7. The number of nitrogens with one attached hydrogen (secondary N) is 3. The number of hydrogen-bond acceptors (Lipinski definition) is 3. The first-order valence-corrected chi connectivity index (χ1v) is 10.6. The minimum atomic E-state index is -0.291. The van der Waals surface area contributed by atoms with Crippen LogP contribution in [0.15, 0.2) is 96.4 Å². The number of aromatic nitrogens is 2. The monoisotopic (exact) mass is 443 g/mol. The summed E-state index contributed by atoms with van der Waals surface area (Å²) in [6.45, 7) is 0.475. The molecule has 0 bridgehead atoms. The molecular formula is C25H22ClN5O. The van der Waals surface area contributed by atoms with Gasteiger partial charge in [-0.1, -0.05) is 60.1 Å². The Hall–Kier alpha value is -3.90. The van der Waals surface area contributed by atoms with Crippen molar-refractivity contribution in [3.8, 4) is 11.1 Å². The fourth-order valence-electron chi connectivity index (χ4n) is 3.14. The third kappa shape index (κ3) is 5.83. The number of carbonyl (C=O) groups is 1. The molecule has 160 valence electrons. The predicted molar refractivity (Wildman–Crippen MR) is 129 cm³/mol. The molecule has 32 heavy (non-hydrogen) atoms. The largest absolute Gasteiger partial charge is 0.348 e. The number of H-pyrrole nitrogens is 1. The molecule has 4 aromatic rings. The molecule has 3 aromatic carbocycles. The highest BCUT2D eigenvalue weighted by atomic mass is 35.5. The summed E-state index contributed by atoms with van der Waals surface area (Å²) in [5, 5.41) is 6.56. The van der Waals surface area contributed by atoms with Crippen LogP contribution >= 0.6 is 11.6 Å². The van der Waals surface area contributed by atoms with Crippen molar-refractivity contribution in [3.63, 3.8) is 0 Å². The van der Waals surface area contributed by atoms with E-state index in [2.05, 4.69) is 37.7 Å². The Morgan fingerprint density at radius 1 is 0.969 bits per heavy atom. The lowest BCUT2D eigenvalue weighted by molar-refractivity contribution is 0.0977. The van der Waals surface area contributed by atoms with Gasteiger partial charge in [-0.2, -0.15) is 0 Å². The Morgan fingerprint density at radius 3 is 2.47 bits per heavy atom. The number of halogens is 1. The molecule has 4 rings (SSSR count). The number of imidazole rings is 1. The second kappa shape index (κ2) is 10.4. The third-order valence-electron chi connectivity index (χ3n) is 4.78. The molecule has 0 unspecified atom stereocenters. The van der Waals surface area contributed by atoms with Gasteiger partial charge in [0.2, 0.25) is 5.96 Å². The standard InChI is InChI=1S/C25H22ClN5O/c26-21-8-4-7-20(15-21)24(32)31-25(28-14-13-23-16-27-17-29-23)30-22-11-9-19(10-12-22)18-5-2-1-3-6-18/h1-12,15-17H,13-14H2,(H,27,29)(H2,28,30,31,32). The van der Waals surface area contributed by atoms with Gasteiger partial charge in [-0.05, 0) is 41.5 Å². The van der Waals surface area contributed by atoms with Gasteiger partial charge in [0.15, 0.2) is 0 Å². The van der Waals surface area contributed by atoms with Gasteiger partial charge >= 0.3 is 0 Å². The third-order valence-corrected chi connectivity index (χ3v) is 5.01. The molecule has 0 radical (unpaired) electrons. The summed E-state index contributed by atoms with van der Waals surface area (Å²) in [5.74, 6) is 0.0724. The molecule has 1 aromatic heterocycles. The van der Waals surface area contributed by atoms with Crippen molar-refractivity contribution in [2.75, 3.05) is 11.9 Å². The molecule has 1 heterocycles. The molecule has 0 spiro atoms. The van der Waals surface area contributed by atoms with E-state index in [1.807, 2.05) is 42.5 Å².